The Balaban J connectivity index is 3.01. The van der Waals surface area contributed by atoms with Crippen molar-refractivity contribution in [3.63, 3.8) is 0 Å². The third kappa shape index (κ3) is 5.24. The van der Waals surface area contributed by atoms with Crippen LogP contribution in [0.4, 0.5) is 10.5 Å². The van der Waals surface area contributed by atoms with Crippen LogP contribution in [0.25, 0.3) is 0 Å². The molecule has 118 valence electrons. The Morgan fingerprint density at radius 2 is 1.95 bits per heavy atom. The van der Waals surface area contributed by atoms with E-state index in [1.54, 1.807) is 27.7 Å². The maximum absolute atomic E-state index is 11.9. The van der Waals surface area contributed by atoms with Crippen molar-refractivity contribution in [2.45, 2.75) is 38.2 Å². The standard InChI is InChI=1S/C13H20N2O5S/c1-5-14-21(18,19)9-6-7-11(16)10(8-9)15-12(17)20-13(2,3)4/h6-8,14,16H,5H2,1-4H3,(H,15,17). The molecule has 1 aromatic rings. The first-order chi connectivity index (χ1) is 9.55. The van der Waals surface area contributed by atoms with Gasteiger partial charge in [0.2, 0.25) is 10.0 Å². The van der Waals surface area contributed by atoms with Crippen LogP contribution < -0.4 is 10.0 Å². The van der Waals surface area contributed by atoms with Gasteiger partial charge in [0.25, 0.3) is 0 Å². The number of sulfonamides is 1. The van der Waals surface area contributed by atoms with Crippen LogP contribution in [0, 0.1) is 0 Å². The first kappa shape index (κ1) is 17.3. The number of phenols is 1. The van der Waals surface area contributed by atoms with E-state index in [1.807, 2.05) is 0 Å². The molecule has 0 spiro atoms. The van der Waals surface area contributed by atoms with Crippen molar-refractivity contribution in [2.75, 3.05) is 11.9 Å². The molecule has 0 aliphatic rings. The third-order valence-corrected chi connectivity index (χ3v) is 3.79. The number of ether oxygens (including phenoxy) is 1. The van der Waals surface area contributed by atoms with E-state index in [0.29, 0.717) is 0 Å². The number of phenolic OH excluding ortho intramolecular Hbond substituents is 1. The van der Waals surface area contributed by atoms with Crippen molar-refractivity contribution in [1.82, 2.24) is 4.72 Å². The average Bonchev–Trinajstić information content (AvgIpc) is 2.29. The fraction of sp³-hybridized carbons (Fsp3) is 0.462. The second kappa shape index (κ2) is 6.31. The van der Waals surface area contributed by atoms with Gasteiger partial charge in [0.05, 0.1) is 10.6 Å². The van der Waals surface area contributed by atoms with Gasteiger partial charge in [-0.15, -0.1) is 0 Å². The second-order valence-corrected chi connectivity index (χ2v) is 7.07. The van der Waals surface area contributed by atoms with E-state index >= 15 is 0 Å². The van der Waals surface area contributed by atoms with Gasteiger partial charge in [0.1, 0.15) is 11.4 Å². The Morgan fingerprint density at radius 3 is 2.48 bits per heavy atom. The number of benzene rings is 1. The zero-order chi connectivity index (χ0) is 16.3. The van der Waals surface area contributed by atoms with Crippen LogP contribution in [0.1, 0.15) is 27.7 Å². The molecule has 7 nitrogen and oxygen atoms in total. The normalized spacial score (nSPS) is 12.0. The molecule has 0 heterocycles. The van der Waals surface area contributed by atoms with E-state index in [0.717, 1.165) is 6.07 Å². The van der Waals surface area contributed by atoms with Gasteiger partial charge in [0.15, 0.2) is 0 Å². The summed E-state index contributed by atoms with van der Waals surface area (Å²) in [5.41, 5.74) is -0.740. The molecule has 0 radical (unpaired) electrons. The van der Waals surface area contributed by atoms with E-state index in [4.69, 9.17) is 4.74 Å². The summed E-state index contributed by atoms with van der Waals surface area (Å²) >= 11 is 0. The van der Waals surface area contributed by atoms with E-state index in [2.05, 4.69) is 10.0 Å². The number of nitrogens with one attached hydrogen (secondary N) is 2. The number of hydrogen-bond acceptors (Lipinski definition) is 5. The first-order valence-corrected chi connectivity index (χ1v) is 7.86. The van der Waals surface area contributed by atoms with E-state index in [9.17, 15) is 18.3 Å². The van der Waals surface area contributed by atoms with Gasteiger partial charge in [-0.1, -0.05) is 6.92 Å². The van der Waals surface area contributed by atoms with E-state index < -0.39 is 21.7 Å². The lowest BCUT2D eigenvalue weighted by molar-refractivity contribution is 0.0635. The molecular formula is C13H20N2O5S. The lowest BCUT2D eigenvalue weighted by atomic mass is 10.2. The lowest BCUT2D eigenvalue weighted by Crippen LogP contribution is -2.27. The molecule has 0 aliphatic carbocycles. The first-order valence-electron chi connectivity index (χ1n) is 6.38. The highest BCUT2D eigenvalue weighted by molar-refractivity contribution is 7.89. The van der Waals surface area contributed by atoms with Crippen LogP contribution >= 0.6 is 0 Å². The second-order valence-electron chi connectivity index (χ2n) is 5.31. The number of amides is 1. The number of carbonyl (C=O) groups excluding carboxylic acids is 1. The predicted octanol–water partition coefficient (Wildman–Crippen LogP) is 2.04. The Labute approximate surface area is 124 Å². The maximum Gasteiger partial charge on any atom is 0.412 e. The Morgan fingerprint density at radius 1 is 1.33 bits per heavy atom. The number of carbonyl (C=O) groups is 1. The molecule has 0 atom stereocenters. The number of anilines is 1. The van der Waals surface area contributed by atoms with Crippen LogP contribution in [-0.4, -0.2) is 31.8 Å². The molecule has 1 amide bonds. The monoisotopic (exact) mass is 316 g/mol. The molecule has 0 bridgehead atoms. The van der Waals surface area contributed by atoms with Crippen LogP contribution in [0.15, 0.2) is 23.1 Å². The van der Waals surface area contributed by atoms with Crippen molar-refractivity contribution < 1.29 is 23.1 Å². The molecule has 0 saturated carbocycles. The number of rotatable bonds is 4. The summed E-state index contributed by atoms with van der Waals surface area (Å²) in [4.78, 5) is 11.6. The summed E-state index contributed by atoms with van der Waals surface area (Å²) in [5.74, 6) is -0.253. The van der Waals surface area contributed by atoms with Crippen molar-refractivity contribution in [3.8, 4) is 5.75 Å². The quantitative estimate of drug-likeness (QED) is 0.737. The molecular weight excluding hydrogens is 296 g/mol. The fourth-order valence-electron chi connectivity index (χ4n) is 1.47. The summed E-state index contributed by atoms with van der Waals surface area (Å²) in [5, 5.41) is 12.0. The van der Waals surface area contributed by atoms with Gasteiger partial charge in [-0.3, -0.25) is 5.32 Å². The number of hydrogen-bond donors (Lipinski definition) is 3. The van der Waals surface area contributed by atoms with Crippen molar-refractivity contribution >= 4 is 21.8 Å². The van der Waals surface area contributed by atoms with Crippen LogP contribution in [0.5, 0.6) is 5.75 Å². The summed E-state index contributed by atoms with van der Waals surface area (Å²) in [7, 11) is -3.67. The summed E-state index contributed by atoms with van der Waals surface area (Å²) < 4.78 is 31.1. The minimum atomic E-state index is -3.67. The van der Waals surface area contributed by atoms with Gasteiger partial charge in [-0.2, -0.15) is 0 Å². The highest BCUT2D eigenvalue weighted by Gasteiger charge is 2.19. The van der Waals surface area contributed by atoms with Gasteiger partial charge in [-0.05, 0) is 39.0 Å². The van der Waals surface area contributed by atoms with Gasteiger partial charge < -0.3 is 9.84 Å². The van der Waals surface area contributed by atoms with E-state index in [-0.39, 0.29) is 22.9 Å². The minimum absolute atomic E-state index is 0.0387. The largest absolute Gasteiger partial charge is 0.506 e. The minimum Gasteiger partial charge on any atom is -0.506 e. The third-order valence-electron chi connectivity index (χ3n) is 2.25. The number of aromatic hydroxyl groups is 1. The molecule has 21 heavy (non-hydrogen) atoms. The average molecular weight is 316 g/mol. The molecule has 0 aromatic heterocycles. The van der Waals surface area contributed by atoms with Crippen LogP contribution in [-0.2, 0) is 14.8 Å². The molecule has 1 aromatic carbocycles. The molecule has 0 aliphatic heterocycles. The SMILES string of the molecule is CCNS(=O)(=O)c1ccc(O)c(NC(=O)OC(C)(C)C)c1. The molecule has 0 fully saturated rings. The van der Waals surface area contributed by atoms with Crippen molar-refractivity contribution in [3.05, 3.63) is 18.2 Å². The topological polar surface area (TPSA) is 105 Å². The molecule has 8 heteroatoms. The lowest BCUT2D eigenvalue weighted by Gasteiger charge is -2.20. The molecule has 0 saturated heterocycles. The van der Waals surface area contributed by atoms with Gasteiger partial charge in [-0.25, -0.2) is 17.9 Å². The Hall–Kier alpha value is -1.80. The maximum atomic E-state index is 11.9. The van der Waals surface area contributed by atoms with Crippen LogP contribution in [0.3, 0.4) is 0 Å². The highest BCUT2D eigenvalue weighted by Crippen LogP contribution is 2.26. The summed E-state index contributed by atoms with van der Waals surface area (Å²) in [6.45, 7) is 6.96. The van der Waals surface area contributed by atoms with Crippen LogP contribution in [0.2, 0.25) is 0 Å². The Bertz CT molecular complexity index is 620. The Kier molecular flexibility index (Phi) is 5.19. The summed E-state index contributed by atoms with van der Waals surface area (Å²) in [6.07, 6.45) is -0.782. The molecule has 3 N–H and O–H groups in total. The summed E-state index contributed by atoms with van der Waals surface area (Å²) in [6, 6.07) is 3.60. The fourth-order valence-corrected chi connectivity index (χ4v) is 2.54. The molecule has 0 unspecified atom stereocenters. The molecule has 1 rings (SSSR count). The van der Waals surface area contributed by atoms with Gasteiger partial charge in [0, 0.05) is 6.54 Å². The van der Waals surface area contributed by atoms with Crippen molar-refractivity contribution in [1.29, 1.82) is 0 Å². The zero-order valence-corrected chi connectivity index (χ0v) is 13.2. The highest BCUT2D eigenvalue weighted by atomic mass is 32.2. The zero-order valence-electron chi connectivity index (χ0n) is 12.4. The van der Waals surface area contributed by atoms with Gasteiger partial charge >= 0.3 is 6.09 Å². The predicted molar refractivity (Wildman–Crippen MR) is 78.8 cm³/mol. The smallest absolute Gasteiger partial charge is 0.412 e. The van der Waals surface area contributed by atoms with Crippen molar-refractivity contribution in [2.24, 2.45) is 0 Å². The van der Waals surface area contributed by atoms with E-state index in [1.165, 1.54) is 12.1 Å².